The number of hydrogen-bond acceptors (Lipinski definition) is 5. The van der Waals surface area contributed by atoms with E-state index in [-0.39, 0.29) is 5.91 Å². The van der Waals surface area contributed by atoms with Gasteiger partial charge in [0.25, 0.3) is 0 Å². The second kappa shape index (κ2) is 9.04. The van der Waals surface area contributed by atoms with E-state index >= 15 is 0 Å². The maximum absolute atomic E-state index is 10.9. The predicted octanol–water partition coefficient (Wildman–Crippen LogP) is 0.990. The van der Waals surface area contributed by atoms with Crippen molar-refractivity contribution in [3.8, 4) is 0 Å². The molecule has 18 heavy (non-hydrogen) atoms. The summed E-state index contributed by atoms with van der Waals surface area (Å²) in [5.41, 5.74) is 5.77. The second-order valence-corrected chi connectivity index (χ2v) is 4.80. The molecule has 0 saturated heterocycles. The molecule has 0 fully saturated rings. The zero-order valence-electron chi connectivity index (χ0n) is 10.6. The fourth-order valence-corrected chi connectivity index (χ4v) is 2.20. The van der Waals surface area contributed by atoms with Crippen LogP contribution in [0.1, 0.15) is 21.7 Å². The molecule has 1 heterocycles. The highest BCUT2D eigenvalue weighted by Gasteiger charge is 2.03. The van der Waals surface area contributed by atoms with Crippen LogP contribution in [0.15, 0.2) is 11.4 Å². The Balaban J connectivity index is 2.02. The average molecular weight is 272 g/mol. The van der Waals surface area contributed by atoms with Crippen molar-refractivity contribution in [2.75, 3.05) is 33.5 Å². The second-order valence-electron chi connectivity index (χ2n) is 3.80. The van der Waals surface area contributed by atoms with Crippen LogP contribution in [-0.4, -0.2) is 39.4 Å². The molecule has 0 saturated carbocycles. The Morgan fingerprint density at radius 1 is 1.44 bits per heavy atom. The standard InChI is InChI=1S/C12H20N2O3S/c1-16-5-6-17-4-2-3-14-8-11-7-10(9-18-11)12(13)15/h7,9,14H,2-6,8H2,1H3,(H2,13,15). The molecule has 0 aromatic carbocycles. The SMILES string of the molecule is COCCOCCCNCc1cc(C(N)=O)cs1. The van der Waals surface area contributed by atoms with Crippen LogP contribution in [0.5, 0.6) is 0 Å². The molecule has 0 radical (unpaired) electrons. The lowest BCUT2D eigenvalue weighted by molar-refractivity contribution is 0.0695. The number of nitrogens with two attached hydrogens (primary N) is 1. The molecule has 0 spiro atoms. The summed E-state index contributed by atoms with van der Waals surface area (Å²) < 4.78 is 10.2. The van der Waals surface area contributed by atoms with Gasteiger partial charge in [-0.1, -0.05) is 0 Å². The van der Waals surface area contributed by atoms with Crippen molar-refractivity contribution in [1.29, 1.82) is 0 Å². The highest BCUT2D eigenvalue weighted by atomic mass is 32.1. The summed E-state index contributed by atoms with van der Waals surface area (Å²) in [4.78, 5) is 12.0. The third kappa shape index (κ3) is 6.11. The predicted molar refractivity (Wildman–Crippen MR) is 71.9 cm³/mol. The first-order valence-electron chi connectivity index (χ1n) is 5.88. The Morgan fingerprint density at radius 2 is 2.28 bits per heavy atom. The van der Waals surface area contributed by atoms with Crippen LogP contribution in [0.3, 0.4) is 0 Å². The Kier molecular flexibility index (Phi) is 7.59. The minimum atomic E-state index is -0.371. The van der Waals surface area contributed by atoms with Gasteiger partial charge < -0.3 is 20.5 Å². The van der Waals surface area contributed by atoms with Gasteiger partial charge in [-0.3, -0.25) is 4.79 Å². The third-order valence-corrected chi connectivity index (χ3v) is 3.25. The lowest BCUT2D eigenvalue weighted by Gasteiger charge is -2.04. The smallest absolute Gasteiger partial charge is 0.249 e. The number of thiophene rings is 1. The van der Waals surface area contributed by atoms with Crippen molar-refractivity contribution < 1.29 is 14.3 Å². The first kappa shape index (κ1) is 15.1. The van der Waals surface area contributed by atoms with Crippen LogP contribution in [0, 0.1) is 0 Å². The van der Waals surface area contributed by atoms with Crippen LogP contribution in [0.2, 0.25) is 0 Å². The van der Waals surface area contributed by atoms with Gasteiger partial charge in [0.05, 0.1) is 18.8 Å². The van der Waals surface area contributed by atoms with Crippen LogP contribution in [-0.2, 0) is 16.0 Å². The van der Waals surface area contributed by atoms with Crippen LogP contribution >= 0.6 is 11.3 Å². The molecule has 6 heteroatoms. The zero-order valence-corrected chi connectivity index (χ0v) is 11.4. The number of carbonyl (C=O) groups is 1. The molecule has 0 aliphatic rings. The van der Waals surface area contributed by atoms with Gasteiger partial charge >= 0.3 is 0 Å². The Bertz CT molecular complexity index is 355. The summed E-state index contributed by atoms with van der Waals surface area (Å²) in [6, 6.07) is 1.83. The van der Waals surface area contributed by atoms with E-state index in [4.69, 9.17) is 15.2 Å². The summed E-state index contributed by atoms with van der Waals surface area (Å²) in [6.07, 6.45) is 0.956. The maximum Gasteiger partial charge on any atom is 0.249 e. The normalized spacial score (nSPS) is 10.7. The van der Waals surface area contributed by atoms with E-state index in [9.17, 15) is 4.79 Å². The first-order valence-corrected chi connectivity index (χ1v) is 6.76. The van der Waals surface area contributed by atoms with Gasteiger partial charge in [-0.15, -0.1) is 11.3 Å². The fourth-order valence-electron chi connectivity index (χ4n) is 1.36. The molecule has 102 valence electrons. The number of hydrogen-bond donors (Lipinski definition) is 2. The van der Waals surface area contributed by atoms with Crippen LogP contribution in [0.4, 0.5) is 0 Å². The molecule has 0 bridgehead atoms. The fraction of sp³-hybridized carbons (Fsp3) is 0.583. The van der Waals surface area contributed by atoms with Gasteiger partial charge in [-0.2, -0.15) is 0 Å². The molecular weight excluding hydrogens is 252 g/mol. The van der Waals surface area contributed by atoms with Gasteiger partial charge in [0.1, 0.15) is 0 Å². The Morgan fingerprint density at radius 3 is 2.94 bits per heavy atom. The van der Waals surface area contributed by atoms with E-state index in [0.717, 1.165) is 31.0 Å². The number of nitrogens with one attached hydrogen (secondary N) is 1. The molecule has 1 aromatic rings. The largest absolute Gasteiger partial charge is 0.382 e. The van der Waals surface area contributed by atoms with Crippen molar-refractivity contribution in [2.24, 2.45) is 5.73 Å². The molecule has 0 atom stereocenters. The maximum atomic E-state index is 10.9. The highest BCUT2D eigenvalue weighted by Crippen LogP contribution is 2.13. The topological polar surface area (TPSA) is 73.6 Å². The molecule has 3 N–H and O–H groups in total. The minimum Gasteiger partial charge on any atom is -0.382 e. The number of ether oxygens (including phenoxy) is 2. The number of amides is 1. The van der Waals surface area contributed by atoms with E-state index in [1.807, 2.05) is 6.07 Å². The Hall–Kier alpha value is -0.950. The van der Waals surface area contributed by atoms with Crippen molar-refractivity contribution in [1.82, 2.24) is 5.32 Å². The van der Waals surface area contributed by atoms with Gasteiger partial charge in [-0.25, -0.2) is 0 Å². The molecule has 1 aromatic heterocycles. The zero-order chi connectivity index (χ0) is 13.2. The summed E-state index contributed by atoms with van der Waals surface area (Å²) >= 11 is 1.54. The molecule has 0 unspecified atom stereocenters. The molecule has 5 nitrogen and oxygen atoms in total. The minimum absolute atomic E-state index is 0.371. The van der Waals surface area contributed by atoms with E-state index < -0.39 is 0 Å². The number of primary amides is 1. The molecule has 1 rings (SSSR count). The summed E-state index contributed by atoms with van der Waals surface area (Å²) in [5.74, 6) is -0.371. The van der Waals surface area contributed by atoms with Gasteiger partial charge in [0, 0.05) is 30.5 Å². The summed E-state index contributed by atoms with van der Waals surface area (Å²) in [5, 5.41) is 5.08. The van der Waals surface area contributed by atoms with Crippen LogP contribution in [0.25, 0.3) is 0 Å². The number of carbonyl (C=O) groups excluding carboxylic acids is 1. The number of rotatable bonds is 10. The number of methoxy groups -OCH3 is 1. The van der Waals surface area contributed by atoms with E-state index in [0.29, 0.717) is 18.8 Å². The molecule has 0 aliphatic heterocycles. The average Bonchev–Trinajstić information content (AvgIpc) is 2.81. The van der Waals surface area contributed by atoms with E-state index in [2.05, 4.69) is 5.32 Å². The molecule has 1 amide bonds. The summed E-state index contributed by atoms with van der Waals surface area (Å²) in [7, 11) is 1.66. The third-order valence-electron chi connectivity index (χ3n) is 2.31. The van der Waals surface area contributed by atoms with Crippen molar-refractivity contribution in [3.63, 3.8) is 0 Å². The lowest BCUT2D eigenvalue weighted by Crippen LogP contribution is -2.16. The van der Waals surface area contributed by atoms with Gasteiger partial charge in [0.2, 0.25) is 5.91 Å². The summed E-state index contributed by atoms with van der Waals surface area (Å²) in [6.45, 7) is 3.65. The lowest BCUT2D eigenvalue weighted by atomic mass is 10.3. The van der Waals surface area contributed by atoms with E-state index in [1.165, 1.54) is 0 Å². The van der Waals surface area contributed by atoms with Crippen LogP contribution < -0.4 is 11.1 Å². The first-order chi connectivity index (χ1) is 8.74. The molecular formula is C12H20N2O3S. The Labute approximate surface area is 111 Å². The van der Waals surface area contributed by atoms with Gasteiger partial charge in [-0.05, 0) is 19.0 Å². The quantitative estimate of drug-likeness (QED) is 0.623. The van der Waals surface area contributed by atoms with E-state index in [1.54, 1.807) is 23.8 Å². The van der Waals surface area contributed by atoms with Crippen molar-refractivity contribution in [2.45, 2.75) is 13.0 Å². The van der Waals surface area contributed by atoms with Gasteiger partial charge in [0.15, 0.2) is 0 Å². The molecule has 0 aliphatic carbocycles. The van der Waals surface area contributed by atoms with Crippen molar-refractivity contribution in [3.05, 3.63) is 21.9 Å². The van der Waals surface area contributed by atoms with Crippen molar-refractivity contribution >= 4 is 17.2 Å². The highest BCUT2D eigenvalue weighted by molar-refractivity contribution is 7.10. The monoisotopic (exact) mass is 272 g/mol.